The highest BCUT2D eigenvalue weighted by atomic mass is 15.4. The molecule has 25 heavy (non-hydrogen) atoms. The van der Waals surface area contributed by atoms with Crippen molar-refractivity contribution in [2.45, 2.75) is 33.8 Å². The fourth-order valence-corrected chi connectivity index (χ4v) is 3.65. The molecule has 0 spiro atoms. The van der Waals surface area contributed by atoms with Crippen LogP contribution in [-0.4, -0.2) is 22.4 Å². The van der Waals surface area contributed by atoms with Gasteiger partial charge < -0.3 is 4.81 Å². The molecule has 0 saturated carbocycles. The summed E-state index contributed by atoms with van der Waals surface area (Å²) in [5.74, 6) is 0.515. The zero-order chi connectivity index (χ0) is 17.4. The number of anilines is 1. The van der Waals surface area contributed by atoms with Crippen LogP contribution in [0.15, 0.2) is 48.5 Å². The van der Waals surface area contributed by atoms with Crippen LogP contribution in [0.25, 0.3) is 22.5 Å². The predicted molar refractivity (Wildman–Crippen MR) is 105 cm³/mol. The van der Waals surface area contributed by atoms with Crippen molar-refractivity contribution in [1.82, 2.24) is 15.0 Å². The van der Waals surface area contributed by atoms with Crippen LogP contribution in [0.5, 0.6) is 0 Å². The van der Waals surface area contributed by atoms with Gasteiger partial charge in [0.05, 0.1) is 5.69 Å². The Morgan fingerprint density at radius 3 is 2.52 bits per heavy atom. The van der Waals surface area contributed by atoms with E-state index in [9.17, 15) is 0 Å². The summed E-state index contributed by atoms with van der Waals surface area (Å²) in [6.45, 7) is 8.40. The molecule has 1 aliphatic rings. The second-order valence-corrected chi connectivity index (χ2v) is 7.05. The Balaban J connectivity index is 2.03. The number of rotatable bonds is 3. The van der Waals surface area contributed by atoms with Gasteiger partial charge in [-0.05, 0) is 17.5 Å². The molecule has 0 fully saturated rings. The molecular weight excluding hydrogens is 307 g/mol. The van der Waals surface area contributed by atoms with Gasteiger partial charge in [-0.3, -0.25) is 0 Å². The van der Waals surface area contributed by atoms with E-state index in [0.717, 1.165) is 31.9 Å². The highest BCUT2D eigenvalue weighted by Crippen LogP contribution is 2.40. The summed E-state index contributed by atoms with van der Waals surface area (Å²) >= 11 is 0. The summed E-state index contributed by atoms with van der Waals surface area (Å²) in [5, 5.41) is 9.12. The lowest BCUT2D eigenvalue weighted by Crippen LogP contribution is -2.27. The summed E-state index contributed by atoms with van der Waals surface area (Å²) in [7, 11) is 0.965. The van der Waals surface area contributed by atoms with Crippen molar-refractivity contribution in [3.05, 3.63) is 54.1 Å². The van der Waals surface area contributed by atoms with E-state index in [1.807, 2.05) is 0 Å². The van der Waals surface area contributed by atoms with Crippen LogP contribution in [0.4, 0.5) is 5.69 Å². The van der Waals surface area contributed by atoms with Gasteiger partial charge in [0.1, 0.15) is 5.69 Å². The van der Waals surface area contributed by atoms with E-state index in [2.05, 4.69) is 89.0 Å². The van der Waals surface area contributed by atoms with Gasteiger partial charge in [-0.2, -0.15) is 0 Å². The van der Waals surface area contributed by atoms with E-state index in [-0.39, 0.29) is 0 Å². The molecule has 0 aliphatic carbocycles. The van der Waals surface area contributed by atoms with Crippen LogP contribution in [-0.2, 0) is 13.1 Å². The third-order valence-electron chi connectivity index (χ3n) is 4.79. The number of nitrogens with zero attached hydrogens (tertiary/aromatic N) is 4. The largest absolute Gasteiger partial charge is 0.414 e. The van der Waals surface area contributed by atoms with Gasteiger partial charge in [-0.15, -0.1) is 5.10 Å². The molecule has 0 bridgehead atoms. The van der Waals surface area contributed by atoms with E-state index in [1.165, 1.54) is 22.4 Å². The van der Waals surface area contributed by atoms with E-state index in [0.29, 0.717) is 5.92 Å². The first-order valence-electron chi connectivity index (χ1n) is 9.05. The second-order valence-electron chi connectivity index (χ2n) is 7.05. The van der Waals surface area contributed by atoms with Crippen molar-refractivity contribution in [1.29, 1.82) is 0 Å². The summed E-state index contributed by atoms with van der Waals surface area (Å²) < 4.78 is 2.08. The molecule has 0 radical (unpaired) electrons. The summed E-state index contributed by atoms with van der Waals surface area (Å²) in [5.41, 5.74) is 7.11. The molecule has 4 nitrogen and oxygen atoms in total. The van der Waals surface area contributed by atoms with Crippen LogP contribution in [0, 0.1) is 5.92 Å². The standard InChI is InChI=1S/C20H23BN4/c1-14(2)12-25-20-17-10-6-7-11-18(17)24(21-3)13-15-8-4-5-9-16(15)19(20)22-23-25/h4-11,14,21H,12-13H2,1-3H3. The first-order chi connectivity index (χ1) is 12.2. The fourth-order valence-electron chi connectivity index (χ4n) is 3.65. The van der Waals surface area contributed by atoms with Crippen LogP contribution in [0.3, 0.4) is 0 Å². The molecule has 2 aromatic carbocycles. The highest BCUT2D eigenvalue weighted by molar-refractivity contribution is 6.40. The van der Waals surface area contributed by atoms with E-state index in [4.69, 9.17) is 0 Å². The van der Waals surface area contributed by atoms with Crippen LogP contribution in [0.2, 0.25) is 6.82 Å². The third kappa shape index (κ3) is 2.74. The Bertz CT molecular complexity index is 900. The SMILES string of the molecule is CBN1Cc2ccccc2-c2nnn(CC(C)C)c2-c2ccccc21. The number of para-hydroxylation sites is 1. The maximum absolute atomic E-state index is 4.60. The number of hydrogen-bond donors (Lipinski definition) is 0. The number of hydrogen-bond acceptors (Lipinski definition) is 3. The predicted octanol–water partition coefficient (Wildman–Crippen LogP) is 3.99. The first-order valence-corrected chi connectivity index (χ1v) is 9.05. The quantitative estimate of drug-likeness (QED) is 0.681. The maximum Gasteiger partial charge on any atom is 0.233 e. The van der Waals surface area contributed by atoms with Crippen LogP contribution < -0.4 is 4.81 Å². The van der Waals surface area contributed by atoms with Gasteiger partial charge >= 0.3 is 0 Å². The Kier molecular flexibility index (Phi) is 4.08. The zero-order valence-electron chi connectivity index (χ0n) is 15.1. The molecule has 1 aliphatic heterocycles. The number of fused-ring (bicyclic) bond motifs is 5. The van der Waals surface area contributed by atoms with Crippen molar-refractivity contribution in [2.24, 2.45) is 5.92 Å². The minimum absolute atomic E-state index is 0.515. The molecule has 0 unspecified atom stereocenters. The van der Waals surface area contributed by atoms with E-state index in [1.54, 1.807) is 0 Å². The molecule has 3 aromatic rings. The molecule has 0 N–H and O–H groups in total. The van der Waals surface area contributed by atoms with Crippen molar-refractivity contribution < 1.29 is 0 Å². The van der Waals surface area contributed by atoms with Gasteiger partial charge in [0, 0.05) is 29.9 Å². The second kappa shape index (κ2) is 6.39. The van der Waals surface area contributed by atoms with E-state index >= 15 is 0 Å². The Morgan fingerprint density at radius 1 is 1.04 bits per heavy atom. The molecule has 1 aromatic heterocycles. The minimum atomic E-state index is 0.515. The van der Waals surface area contributed by atoms with Gasteiger partial charge in [0.2, 0.25) is 7.41 Å². The van der Waals surface area contributed by atoms with E-state index < -0.39 is 0 Å². The Hall–Kier alpha value is -2.56. The van der Waals surface area contributed by atoms with Gasteiger partial charge in [0.25, 0.3) is 0 Å². The van der Waals surface area contributed by atoms with Gasteiger partial charge in [-0.1, -0.05) is 68.3 Å². The Morgan fingerprint density at radius 2 is 1.76 bits per heavy atom. The first kappa shape index (κ1) is 15.9. The smallest absolute Gasteiger partial charge is 0.233 e. The van der Waals surface area contributed by atoms with Gasteiger partial charge in [0.15, 0.2) is 0 Å². The van der Waals surface area contributed by atoms with Crippen molar-refractivity contribution in [2.75, 3.05) is 4.81 Å². The minimum Gasteiger partial charge on any atom is -0.414 e. The summed E-state index contributed by atoms with van der Waals surface area (Å²) in [4.78, 5) is 2.43. The molecule has 5 heteroatoms. The normalized spacial score (nSPS) is 12.9. The average Bonchev–Trinajstić information content (AvgIpc) is 3.00. The summed E-state index contributed by atoms with van der Waals surface area (Å²) in [6.07, 6.45) is 0. The summed E-state index contributed by atoms with van der Waals surface area (Å²) in [6, 6.07) is 17.2. The van der Waals surface area contributed by atoms with Crippen molar-refractivity contribution in [3.8, 4) is 22.5 Å². The lowest BCUT2D eigenvalue weighted by molar-refractivity contribution is 0.475. The molecule has 0 amide bonds. The third-order valence-corrected chi connectivity index (χ3v) is 4.79. The maximum atomic E-state index is 4.60. The molecule has 4 rings (SSSR count). The zero-order valence-corrected chi connectivity index (χ0v) is 15.1. The molecule has 2 heterocycles. The van der Waals surface area contributed by atoms with Gasteiger partial charge in [-0.25, -0.2) is 4.68 Å². The monoisotopic (exact) mass is 330 g/mol. The van der Waals surface area contributed by atoms with Crippen LogP contribution >= 0.6 is 0 Å². The molecular formula is C20H23BN4. The number of aromatic nitrogens is 3. The fraction of sp³-hybridized carbons (Fsp3) is 0.300. The molecule has 0 atom stereocenters. The Labute approximate surface area is 149 Å². The molecule has 0 saturated heterocycles. The average molecular weight is 330 g/mol. The van der Waals surface area contributed by atoms with Crippen molar-refractivity contribution >= 4 is 13.1 Å². The lowest BCUT2D eigenvalue weighted by atomic mass is 9.88. The molecule has 126 valence electrons. The lowest BCUT2D eigenvalue weighted by Gasteiger charge is -2.29. The van der Waals surface area contributed by atoms with Crippen molar-refractivity contribution in [3.63, 3.8) is 0 Å². The highest BCUT2D eigenvalue weighted by Gasteiger charge is 2.25. The number of benzene rings is 2. The van der Waals surface area contributed by atoms with Crippen LogP contribution in [0.1, 0.15) is 19.4 Å². The topological polar surface area (TPSA) is 34.0 Å².